The zero-order valence-corrected chi connectivity index (χ0v) is 16.2. The molecule has 146 valence electrons. The lowest BCUT2D eigenvalue weighted by Gasteiger charge is -2.16. The smallest absolute Gasteiger partial charge is 0.515 e. The molecular formula is C22H35O4+. The monoisotopic (exact) mass is 363 g/mol. The third-order valence-corrected chi connectivity index (χ3v) is 5.04. The molecule has 1 aliphatic rings. The molecule has 0 spiro atoms. The molecule has 1 aliphatic carbocycles. The highest BCUT2D eigenvalue weighted by Gasteiger charge is 2.28. The summed E-state index contributed by atoms with van der Waals surface area (Å²) in [5.74, 6) is 0.0905. The standard InChI is InChI=1S/C22H34O4/c1-2-3-4-5-8-11-19(23)16-14-18-15-17-21(24)20(18)12-9-6-7-10-13-22(25)26/h6,9,15,17-18,20H,2-5,7-8,10-14,16H2,1H3,(H,25,26)/p+1/b9-6+. The Hall–Kier alpha value is -1.71. The second-order valence-corrected chi connectivity index (χ2v) is 7.30. The van der Waals surface area contributed by atoms with E-state index in [2.05, 4.69) is 6.92 Å². The molecule has 2 N–H and O–H groups in total. The molecule has 0 aromatic carbocycles. The highest BCUT2D eigenvalue weighted by atomic mass is 16.4. The van der Waals surface area contributed by atoms with Crippen LogP contribution in [0.5, 0.6) is 0 Å². The number of hydrogen-bond acceptors (Lipinski definition) is 3. The van der Waals surface area contributed by atoms with Crippen LogP contribution in [0.2, 0.25) is 0 Å². The van der Waals surface area contributed by atoms with Gasteiger partial charge < -0.3 is 5.11 Å². The molecule has 0 heterocycles. The molecule has 0 bridgehead atoms. The van der Waals surface area contributed by atoms with E-state index in [1.807, 2.05) is 18.2 Å². The van der Waals surface area contributed by atoms with Gasteiger partial charge in [0.25, 0.3) is 0 Å². The van der Waals surface area contributed by atoms with E-state index in [1.165, 1.54) is 19.3 Å². The summed E-state index contributed by atoms with van der Waals surface area (Å²) in [4.78, 5) is 34.7. The molecule has 0 aromatic heterocycles. The van der Waals surface area contributed by atoms with Crippen LogP contribution in [0.25, 0.3) is 0 Å². The highest BCUT2D eigenvalue weighted by Crippen LogP contribution is 2.30. The number of rotatable bonds is 15. The van der Waals surface area contributed by atoms with Gasteiger partial charge in [-0.2, -0.15) is 0 Å². The Morgan fingerprint density at radius 2 is 1.81 bits per heavy atom. The van der Waals surface area contributed by atoms with Crippen LogP contribution in [0.3, 0.4) is 0 Å². The van der Waals surface area contributed by atoms with Crippen molar-refractivity contribution < 1.29 is 19.5 Å². The topological polar surface area (TPSA) is 74.1 Å². The largest absolute Gasteiger partial charge is 0.565 e. The fourth-order valence-corrected chi connectivity index (χ4v) is 3.40. The zero-order chi connectivity index (χ0) is 19.2. The Balaban J connectivity index is 2.24. The van der Waals surface area contributed by atoms with E-state index in [0.29, 0.717) is 31.5 Å². The van der Waals surface area contributed by atoms with E-state index in [1.54, 1.807) is 6.08 Å². The minimum absolute atomic E-state index is 0.0404. The van der Waals surface area contributed by atoms with Crippen LogP contribution in [0, 0.1) is 11.8 Å². The number of ketones is 2. The molecule has 2 unspecified atom stereocenters. The molecule has 0 aromatic rings. The van der Waals surface area contributed by atoms with Crippen molar-refractivity contribution in [2.24, 2.45) is 11.8 Å². The maximum Gasteiger partial charge on any atom is 0.515 e. The van der Waals surface area contributed by atoms with Crippen LogP contribution >= 0.6 is 0 Å². The van der Waals surface area contributed by atoms with Crippen LogP contribution in [-0.4, -0.2) is 22.6 Å². The summed E-state index contributed by atoms with van der Waals surface area (Å²) >= 11 is 0. The Morgan fingerprint density at radius 3 is 2.54 bits per heavy atom. The Morgan fingerprint density at radius 1 is 1.04 bits per heavy atom. The van der Waals surface area contributed by atoms with Crippen molar-refractivity contribution in [3.63, 3.8) is 0 Å². The van der Waals surface area contributed by atoms with Crippen LogP contribution in [-0.2, 0) is 14.4 Å². The molecule has 26 heavy (non-hydrogen) atoms. The van der Waals surface area contributed by atoms with Gasteiger partial charge in [0, 0.05) is 23.6 Å². The molecule has 0 amide bonds. The first-order chi connectivity index (χ1) is 12.5. The van der Waals surface area contributed by atoms with Gasteiger partial charge in [-0.3, -0.25) is 9.59 Å². The highest BCUT2D eigenvalue weighted by molar-refractivity contribution is 5.94. The van der Waals surface area contributed by atoms with Gasteiger partial charge in [0.15, 0.2) is 5.78 Å². The van der Waals surface area contributed by atoms with Gasteiger partial charge in [-0.1, -0.05) is 50.8 Å². The molecule has 0 saturated carbocycles. The quantitative estimate of drug-likeness (QED) is 0.245. The third kappa shape index (κ3) is 9.69. The van der Waals surface area contributed by atoms with E-state index in [0.717, 1.165) is 25.7 Å². The fourth-order valence-electron chi connectivity index (χ4n) is 3.40. The van der Waals surface area contributed by atoms with Crippen LogP contribution < -0.4 is 0 Å². The van der Waals surface area contributed by atoms with E-state index >= 15 is 0 Å². The van der Waals surface area contributed by atoms with Gasteiger partial charge in [-0.05, 0) is 44.1 Å². The lowest BCUT2D eigenvalue weighted by molar-refractivity contribution is -0.137. The van der Waals surface area contributed by atoms with Crippen molar-refractivity contribution in [3.8, 4) is 0 Å². The van der Waals surface area contributed by atoms with E-state index in [9.17, 15) is 14.4 Å². The number of hydrogen-bond donors (Lipinski definition) is 0. The molecule has 4 heteroatoms. The fraction of sp³-hybridized carbons (Fsp3) is 0.682. The minimum Gasteiger partial charge on any atom is -0.565 e. The van der Waals surface area contributed by atoms with Crippen LogP contribution in [0.1, 0.15) is 84.0 Å². The van der Waals surface area contributed by atoms with E-state index in [-0.39, 0.29) is 24.0 Å². The number of allylic oxidation sites excluding steroid dienone is 4. The van der Waals surface area contributed by atoms with E-state index in [4.69, 9.17) is 5.11 Å². The summed E-state index contributed by atoms with van der Waals surface area (Å²) in [6.45, 7) is 2.19. The zero-order valence-electron chi connectivity index (χ0n) is 16.2. The van der Waals surface area contributed by atoms with Crippen molar-refractivity contribution in [2.45, 2.75) is 84.0 Å². The molecule has 4 nitrogen and oxygen atoms in total. The predicted octanol–water partition coefficient (Wildman–Crippen LogP) is 4.44. The maximum absolute atomic E-state index is 12.0. The van der Waals surface area contributed by atoms with Crippen molar-refractivity contribution >= 4 is 17.5 Å². The van der Waals surface area contributed by atoms with Crippen molar-refractivity contribution in [1.82, 2.24) is 0 Å². The minimum atomic E-state index is -0.524. The summed E-state index contributed by atoms with van der Waals surface area (Å²) in [7, 11) is 0. The van der Waals surface area contributed by atoms with Crippen molar-refractivity contribution in [3.05, 3.63) is 24.3 Å². The van der Waals surface area contributed by atoms with Gasteiger partial charge in [-0.25, -0.2) is 0 Å². The number of carbonyl (C=O) groups excluding carboxylic acids is 3. The molecule has 0 aliphatic heterocycles. The number of carbonyl (C=O) groups is 3. The van der Waals surface area contributed by atoms with Gasteiger partial charge in [0.05, 0.1) is 0 Å². The first kappa shape index (κ1) is 22.3. The van der Waals surface area contributed by atoms with Crippen LogP contribution in [0.15, 0.2) is 24.3 Å². The molecular weight excluding hydrogens is 328 g/mol. The second-order valence-electron chi connectivity index (χ2n) is 7.30. The number of unbranched alkanes of at least 4 members (excludes halogenated alkanes) is 5. The maximum atomic E-state index is 12.0. The third-order valence-electron chi connectivity index (χ3n) is 5.04. The number of Topliss-reactive ketones (excluding diaryl/α,β-unsaturated/α-hetero) is 1. The predicted molar refractivity (Wildman–Crippen MR) is 105 cm³/mol. The molecule has 0 fully saturated rings. The average Bonchev–Trinajstić information content (AvgIpc) is 2.95. The van der Waals surface area contributed by atoms with Gasteiger partial charge in [0.2, 0.25) is 0 Å². The molecule has 0 saturated heterocycles. The normalized spacial score (nSPS) is 19.5. The summed E-state index contributed by atoms with van der Waals surface area (Å²) in [6, 6.07) is 0. The summed E-state index contributed by atoms with van der Waals surface area (Å²) < 4.78 is 0. The van der Waals surface area contributed by atoms with Crippen molar-refractivity contribution in [2.75, 3.05) is 0 Å². The molecule has 1 rings (SSSR count). The van der Waals surface area contributed by atoms with Crippen LogP contribution in [0.4, 0.5) is 0 Å². The summed E-state index contributed by atoms with van der Waals surface area (Å²) in [6.07, 6.45) is 17.9. The first-order valence-electron chi connectivity index (χ1n) is 10.2. The Bertz CT molecular complexity index is 504. The van der Waals surface area contributed by atoms with Gasteiger partial charge in [0.1, 0.15) is 12.2 Å². The first-order valence-corrected chi connectivity index (χ1v) is 10.2. The average molecular weight is 364 g/mol. The Kier molecular flexibility index (Phi) is 11.6. The van der Waals surface area contributed by atoms with E-state index < -0.39 is 5.97 Å². The molecule has 2 atom stereocenters. The van der Waals surface area contributed by atoms with Crippen molar-refractivity contribution in [1.29, 1.82) is 0 Å². The summed E-state index contributed by atoms with van der Waals surface area (Å²) in [5.41, 5.74) is 0. The lowest BCUT2D eigenvalue weighted by Crippen LogP contribution is -2.16. The second kappa shape index (κ2) is 13.5. The Labute approximate surface area is 157 Å². The lowest BCUT2D eigenvalue weighted by atomic mass is 9.87. The van der Waals surface area contributed by atoms with Gasteiger partial charge >= 0.3 is 5.97 Å². The summed E-state index contributed by atoms with van der Waals surface area (Å²) in [5, 5.41) is 6.86. The van der Waals surface area contributed by atoms with Gasteiger partial charge in [-0.15, -0.1) is 0 Å². The molecule has 0 radical (unpaired) electrons. The SMILES string of the molecule is CCCCCCCC(=O)CCC1C=CC(=O)C1C/C=C/CCCC(=O)[OH2+].